The van der Waals surface area contributed by atoms with Gasteiger partial charge in [-0.1, -0.05) is 0 Å². The summed E-state index contributed by atoms with van der Waals surface area (Å²) < 4.78 is 4.82. The largest absolute Gasteiger partial charge is 0.495 e. The zero-order valence-corrected chi connectivity index (χ0v) is 6.85. The van der Waals surface area contributed by atoms with Crippen LogP contribution in [-0.4, -0.2) is 34.2 Å². The lowest BCUT2D eigenvalue weighted by atomic mass is 9.82. The maximum Gasteiger partial charge on any atom is 0.495 e. The highest BCUT2D eigenvalue weighted by atomic mass is 16.5. The number of rotatable bonds is 2. The van der Waals surface area contributed by atoms with Crippen molar-refractivity contribution in [2.24, 2.45) is 0 Å². The van der Waals surface area contributed by atoms with Gasteiger partial charge in [0, 0.05) is 6.20 Å². The molecule has 6 heteroatoms. The van der Waals surface area contributed by atoms with E-state index in [2.05, 4.69) is 9.97 Å². The smallest absolute Gasteiger partial charge is 0.481 e. The zero-order chi connectivity index (χ0) is 9.14. The Hall–Kier alpha value is -1.14. The second-order valence-corrected chi connectivity index (χ2v) is 2.26. The fourth-order valence-electron chi connectivity index (χ4n) is 0.799. The lowest BCUT2D eigenvalue weighted by molar-refractivity contribution is 0.389. The summed E-state index contributed by atoms with van der Waals surface area (Å²) in [5.41, 5.74) is 0.170. The topological polar surface area (TPSA) is 75.5 Å². The minimum Gasteiger partial charge on any atom is -0.481 e. The van der Waals surface area contributed by atoms with Crippen molar-refractivity contribution in [3.8, 4) is 5.88 Å². The van der Waals surface area contributed by atoms with Gasteiger partial charge in [0.2, 0.25) is 5.88 Å². The summed E-state index contributed by atoms with van der Waals surface area (Å²) in [6.07, 6.45) is 1.33. The molecule has 0 bridgehead atoms. The minimum absolute atomic E-state index is 0.170. The molecule has 1 rings (SSSR count). The van der Waals surface area contributed by atoms with E-state index in [1.165, 1.54) is 13.3 Å². The summed E-state index contributed by atoms with van der Waals surface area (Å²) in [4.78, 5) is 7.66. The quantitative estimate of drug-likeness (QED) is 0.524. The number of nitrogens with zero attached hydrogens (tertiary/aromatic N) is 2. The molecule has 12 heavy (non-hydrogen) atoms. The highest BCUT2D eigenvalue weighted by Crippen LogP contribution is 2.00. The molecule has 0 saturated carbocycles. The second-order valence-electron chi connectivity index (χ2n) is 2.26. The molecule has 64 valence electrons. The fourth-order valence-corrected chi connectivity index (χ4v) is 0.799. The minimum atomic E-state index is -1.60. The number of hydrogen-bond acceptors (Lipinski definition) is 5. The van der Waals surface area contributed by atoms with Crippen molar-refractivity contribution in [1.29, 1.82) is 0 Å². The molecule has 5 nitrogen and oxygen atoms in total. The maximum atomic E-state index is 8.82. The van der Waals surface area contributed by atoms with Crippen LogP contribution in [0.1, 0.15) is 5.82 Å². The normalized spacial score (nSPS) is 9.67. The first-order chi connectivity index (χ1) is 5.65. The van der Waals surface area contributed by atoms with Crippen molar-refractivity contribution in [3.63, 3.8) is 0 Å². The summed E-state index contributed by atoms with van der Waals surface area (Å²) in [5.74, 6) is 0.716. The Labute approximate surface area is 70.2 Å². The van der Waals surface area contributed by atoms with E-state index in [0.29, 0.717) is 5.82 Å². The molecule has 1 heterocycles. The number of aryl methyl sites for hydroxylation is 1. The number of aromatic nitrogens is 2. The lowest BCUT2D eigenvalue weighted by Gasteiger charge is -2.05. The van der Waals surface area contributed by atoms with Gasteiger partial charge in [-0.3, -0.25) is 0 Å². The first-order valence-corrected chi connectivity index (χ1v) is 3.39. The van der Waals surface area contributed by atoms with E-state index in [0.717, 1.165) is 0 Å². The molecule has 0 aliphatic rings. The predicted octanol–water partition coefficient (Wildman–Crippen LogP) is -1.53. The van der Waals surface area contributed by atoms with Crippen molar-refractivity contribution < 1.29 is 14.8 Å². The van der Waals surface area contributed by atoms with Crippen LogP contribution in [0.3, 0.4) is 0 Å². The average Bonchev–Trinajstić information content (AvgIpc) is 2.03. The molecule has 0 aromatic carbocycles. The summed E-state index contributed by atoms with van der Waals surface area (Å²) >= 11 is 0. The standard InChI is InChI=1S/C6H9BN2O3/c1-4-8-3-5(7(10)11)6(9-4)12-2/h3,10-11H,1-2H3. The van der Waals surface area contributed by atoms with Crippen LogP contribution in [0.5, 0.6) is 5.88 Å². The Morgan fingerprint density at radius 1 is 1.50 bits per heavy atom. The fraction of sp³-hybridized carbons (Fsp3) is 0.333. The average molecular weight is 168 g/mol. The van der Waals surface area contributed by atoms with Crippen molar-refractivity contribution >= 4 is 12.6 Å². The molecule has 0 fully saturated rings. The molecule has 0 aliphatic heterocycles. The third kappa shape index (κ3) is 1.72. The molecule has 0 radical (unpaired) electrons. The van der Waals surface area contributed by atoms with E-state index >= 15 is 0 Å². The summed E-state index contributed by atoms with van der Waals surface area (Å²) in [6.45, 7) is 1.69. The molecular formula is C6H9BN2O3. The predicted molar refractivity (Wildman–Crippen MR) is 43.1 cm³/mol. The van der Waals surface area contributed by atoms with E-state index in [-0.39, 0.29) is 11.3 Å². The van der Waals surface area contributed by atoms with Gasteiger partial charge in [0.15, 0.2) is 0 Å². The number of hydrogen-bond donors (Lipinski definition) is 2. The Kier molecular flexibility index (Phi) is 2.62. The highest BCUT2D eigenvalue weighted by Gasteiger charge is 2.18. The number of ether oxygens (including phenoxy) is 1. The molecule has 0 unspecified atom stereocenters. The van der Waals surface area contributed by atoms with Crippen molar-refractivity contribution in [2.45, 2.75) is 6.92 Å². The van der Waals surface area contributed by atoms with E-state index in [4.69, 9.17) is 14.8 Å². The van der Waals surface area contributed by atoms with Gasteiger partial charge in [-0.05, 0) is 6.92 Å². The monoisotopic (exact) mass is 168 g/mol. The SMILES string of the molecule is COc1nc(C)ncc1B(O)O. The van der Waals surface area contributed by atoms with E-state index < -0.39 is 7.12 Å². The van der Waals surface area contributed by atoms with Crippen LogP contribution in [0.25, 0.3) is 0 Å². The third-order valence-electron chi connectivity index (χ3n) is 1.37. The van der Waals surface area contributed by atoms with Crippen LogP contribution >= 0.6 is 0 Å². The molecule has 0 aliphatic carbocycles. The van der Waals surface area contributed by atoms with Gasteiger partial charge in [0.1, 0.15) is 5.82 Å². The molecule has 1 aromatic rings. The van der Waals surface area contributed by atoms with Crippen molar-refractivity contribution in [1.82, 2.24) is 9.97 Å². The van der Waals surface area contributed by atoms with Gasteiger partial charge in [-0.2, -0.15) is 4.98 Å². The number of methoxy groups -OCH3 is 1. The van der Waals surface area contributed by atoms with E-state index in [1.807, 2.05) is 0 Å². The van der Waals surface area contributed by atoms with Crippen LogP contribution in [-0.2, 0) is 0 Å². The molecule has 0 saturated heterocycles. The van der Waals surface area contributed by atoms with Crippen LogP contribution in [0.4, 0.5) is 0 Å². The molecule has 0 spiro atoms. The summed E-state index contributed by atoms with van der Waals surface area (Å²) in [7, 11) is -0.186. The second kappa shape index (κ2) is 3.51. The Bertz CT molecular complexity index is 279. The Morgan fingerprint density at radius 3 is 2.67 bits per heavy atom. The van der Waals surface area contributed by atoms with Crippen LogP contribution in [0, 0.1) is 6.92 Å². The summed E-state index contributed by atoms with van der Waals surface area (Å²) in [5, 5.41) is 17.6. The Morgan fingerprint density at radius 2 is 2.17 bits per heavy atom. The zero-order valence-electron chi connectivity index (χ0n) is 6.85. The van der Waals surface area contributed by atoms with Gasteiger partial charge in [0.25, 0.3) is 0 Å². The van der Waals surface area contributed by atoms with Gasteiger partial charge in [0.05, 0.1) is 12.6 Å². The van der Waals surface area contributed by atoms with Gasteiger partial charge in [-0.25, -0.2) is 4.98 Å². The molecule has 0 amide bonds. The van der Waals surface area contributed by atoms with Gasteiger partial charge in [-0.15, -0.1) is 0 Å². The first kappa shape index (κ1) is 8.96. The first-order valence-electron chi connectivity index (χ1n) is 3.39. The van der Waals surface area contributed by atoms with E-state index in [9.17, 15) is 0 Å². The molecule has 0 atom stereocenters. The molecular weight excluding hydrogens is 159 g/mol. The van der Waals surface area contributed by atoms with Crippen molar-refractivity contribution in [3.05, 3.63) is 12.0 Å². The lowest BCUT2D eigenvalue weighted by Crippen LogP contribution is -2.32. The molecule has 2 N–H and O–H groups in total. The van der Waals surface area contributed by atoms with Crippen LogP contribution < -0.4 is 10.2 Å². The van der Waals surface area contributed by atoms with Gasteiger partial charge < -0.3 is 14.8 Å². The highest BCUT2D eigenvalue weighted by molar-refractivity contribution is 6.59. The summed E-state index contributed by atoms with van der Waals surface area (Å²) in [6, 6.07) is 0. The Balaban J connectivity index is 3.11. The van der Waals surface area contributed by atoms with Crippen LogP contribution in [0.2, 0.25) is 0 Å². The maximum absolute atomic E-state index is 8.82. The third-order valence-corrected chi connectivity index (χ3v) is 1.37. The van der Waals surface area contributed by atoms with Crippen LogP contribution in [0.15, 0.2) is 6.20 Å². The van der Waals surface area contributed by atoms with E-state index in [1.54, 1.807) is 6.92 Å². The van der Waals surface area contributed by atoms with Gasteiger partial charge >= 0.3 is 7.12 Å². The van der Waals surface area contributed by atoms with Crippen molar-refractivity contribution in [2.75, 3.05) is 7.11 Å². The molecule has 1 aromatic heterocycles.